The molecule has 102 valence electrons. The zero-order valence-electron chi connectivity index (χ0n) is 10.7. The summed E-state index contributed by atoms with van der Waals surface area (Å²) in [6, 6.07) is 3.79. The molecule has 0 N–H and O–H groups in total. The number of hydrogen-bond acceptors (Lipinski definition) is 6. The van der Waals surface area contributed by atoms with Gasteiger partial charge in [-0.25, -0.2) is 4.79 Å². The first-order chi connectivity index (χ1) is 9.59. The van der Waals surface area contributed by atoms with Crippen molar-refractivity contribution in [2.75, 3.05) is 0 Å². The topological polar surface area (TPSA) is 87.1 Å². The summed E-state index contributed by atoms with van der Waals surface area (Å²) in [5.41, 5.74) is -0.554. The van der Waals surface area contributed by atoms with Gasteiger partial charge < -0.3 is 0 Å². The monoisotopic (exact) mass is 290 g/mol. The summed E-state index contributed by atoms with van der Waals surface area (Å²) < 4.78 is 2.28. The highest BCUT2D eigenvalue weighted by Gasteiger charge is 2.14. The Balaban J connectivity index is 2.24. The number of fused-ring (bicyclic) bond motifs is 1. The molecule has 0 aliphatic rings. The number of hydrogen-bond donors (Lipinski definition) is 0. The van der Waals surface area contributed by atoms with Gasteiger partial charge >= 0.3 is 5.69 Å². The molecule has 0 saturated carbocycles. The smallest absolute Gasteiger partial charge is 0.278 e. The molecule has 0 aromatic carbocycles. The van der Waals surface area contributed by atoms with E-state index in [4.69, 9.17) is 0 Å². The molecule has 3 aromatic rings. The normalized spacial score (nSPS) is 11.7. The van der Waals surface area contributed by atoms with Crippen LogP contribution in [-0.2, 0) is 14.1 Å². The average molecular weight is 290 g/mol. The third-order valence-corrected chi connectivity index (χ3v) is 3.67. The second-order valence-corrected chi connectivity index (χ2v) is 5.10. The Labute approximate surface area is 116 Å². The Bertz CT molecular complexity index is 915. The molecule has 0 aliphatic heterocycles. The van der Waals surface area contributed by atoms with Gasteiger partial charge in [-0.3, -0.25) is 13.9 Å². The van der Waals surface area contributed by atoms with E-state index >= 15 is 0 Å². The Hall–Kier alpha value is -2.55. The van der Waals surface area contributed by atoms with E-state index in [1.165, 1.54) is 27.7 Å². The summed E-state index contributed by atoms with van der Waals surface area (Å²) >= 11 is 1.52. The minimum atomic E-state index is -0.485. The number of aromatic nitrogens is 5. The Morgan fingerprint density at radius 1 is 1.30 bits per heavy atom. The highest BCUT2D eigenvalue weighted by molar-refractivity contribution is 7.11. The van der Waals surface area contributed by atoms with E-state index in [2.05, 4.69) is 15.4 Å². The van der Waals surface area contributed by atoms with Crippen LogP contribution in [0.25, 0.3) is 11.2 Å². The highest BCUT2D eigenvalue weighted by atomic mass is 32.1. The molecule has 0 atom stereocenters. The van der Waals surface area contributed by atoms with E-state index < -0.39 is 11.2 Å². The average Bonchev–Trinajstić information content (AvgIpc) is 3.09. The Morgan fingerprint density at radius 3 is 2.80 bits per heavy atom. The van der Waals surface area contributed by atoms with Crippen molar-refractivity contribution in [3.05, 3.63) is 43.2 Å². The molecule has 8 nitrogen and oxygen atoms in total. The molecule has 0 unspecified atom stereocenters. The molecule has 3 heterocycles. The maximum absolute atomic E-state index is 11.9. The van der Waals surface area contributed by atoms with E-state index in [1.807, 2.05) is 17.5 Å². The first-order valence-corrected chi connectivity index (χ1v) is 6.57. The van der Waals surface area contributed by atoms with Crippen molar-refractivity contribution < 1.29 is 0 Å². The standard InChI is InChI=1S/C11H10N6O2S/c1-15-9-8(10(18)16(2)11(15)19)13-14-17(9)12-6-7-4-3-5-20-7/h3-6H,1-2H3/b12-6+. The van der Waals surface area contributed by atoms with Gasteiger partial charge in [-0.05, 0) is 16.7 Å². The van der Waals surface area contributed by atoms with Crippen LogP contribution in [0.15, 0.2) is 32.2 Å². The van der Waals surface area contributed by atoms with E-state index in [-0.39, 0.29) is 11.2 Å². The molecule has 0 radical (unpaired) electrons. The van der Waals surface area contributed by atoms with Gasteiger partial charge in [-0.15, -0.1) is 21.2 Å². The van der Waals surface area contributed by atoms with Gasteiger partial charge in [0.2, 0.25) is 0 Å². The minimum Gasteiger partial charge on any atom is -0.278 e. The van der Waals surface area contributed by atoms with Crippen LogP contribution in [0.2, 0.25) is 0 Å². The Morgan fingerprint density at radius 2 is 2.10 bits per heavy atom. The van der Waals surface area contributed by atoms with Crippen LogP contribution in [0.1, 0.15) is 4.88 Å². The van der Waals surface area contributed by atoms with Crippen LogP contribution < -0.4 is 11.2 Å². The van der Waals surface area contributed by atoms with Crippen molar-refractivity contribution in [1.29, 1.82) is 0 Å². The molecule has 9 heteroatoms. The van der Waals surface area contributed by atoms with Crippen molar-refractivity contribution in [2.24, 2.45) is 19.2 Å². The van der Waals surface area contributed by atoms with Gasteiger partial charge in [-0.2, -0.15) is 5.10 Å². The second kappa shape index (κ2) is 4.53. The molecule has 20 heavy (non-hydrogen) atoms. The Kier molecular flexibility index (Phi) is 2.83. The van der Waals surface area contributed by atoms with Crippen LogP contribution >= 0.6 is 11.3 Å². The fourth-order valence-electron chi connectivity index (χ4n) is 1.82. The predicted octanol–water partition coefficient (Wildman–Crippen LogP) is -0.228. The first kappa shape index (κ1) is 12.5. The lowest BCUT2D eigenvalue weighted by atomic mass is 10.5. The first-order valence-electron chi connectivity index (χ1n) is 5.69. The van der Waals surface area contributed by atoms with E-state index in [9.17, 15) is 9.59 Å². The van der Waals surface area contributed by atoms with E-state index in [0.29, 0.717) is 0 Å². The SMILES string of the molecule is Cn1c(=O)c2nnn(/N=C/c3cccs3)c2n(C)c1=O. The summed E-state index contributed by atoms with van der Waals surface area (Å²) in [5.74, 6) is 0. The summed E-state index contributed by atoms with van der Waals surface area (Å²) in [5, 5.41) is 13.6. The zero-order chi connectivity index (χ0) is 14.3. The summed E-state index contributed by atoms with van der Waals surface area (Å²) in [7, 11) is 2.95. The third-order valence-electron chi connectivity index (χ3n) is 2.87. The van der Waals surface area contributed by atoms with Gasteiger partial charge in [-0.1, -0.05) is 6.07 Å². The van der Waals surface area contributed by atoms with Crippen LogP contribution in [0, 0.1) is 0 Å². The van der Waals surface area contributed by atoms with Gasteiger partial charge in [0, 0.05) is 19.0 Å². The van der Waals surface area contributed by atoms with Crippen molar-refractivity contribution in [2.45, 2.75) is 0 Å². The maximum Gasteiger partial charge on any atom is 0.332 e. The maximum atomic E-state index is 11.9. The van der Waals surface area contributed by atoms with Crippen LogP contribution in [0.4, 0.5) is 0 Å². The van der Waals surface area contributed by atoms with Gasteiger partial charge in [0.05, 0.1) is 6.21 Å². The van der Waals surface area contributed by atoms with Crippen LogP contribution in [0.3, 0.4) is 0 Å². The van der Waals surface area contributed by atoms with Crippen molar-refractivity contribution in [1.82, 2.24) is 24.2 Å². The molecule has 0 fully saturated rings. The zero-order valence-corrected chi connectivity index (χ0v) is 11.5. The molecule has 0 saturated heterocycles. The number of nitrogens with zero attached hydrogens (tertiary/aromatic N) is 6. The predicted molar refractivity (Wildman–Crippen MR) is 75.3 cm³/mol. The fourth-order valence-corrected chi connectivity index (χ4v) is 2.40. The van der Waals surface area contributed by atoms with Crippen LogP contribution in [0.5, 0.6) is 0 Å². The van der Waals surface area contributed by atoms with Gasteiger partial charge in [0.15, 0.2) is 11.2 Å². The number of rotatable bonds is 2. The van der Waals surface area contributed by atoms with Gasteiger partial charge in [0.25, 0.3) is 5.56 Å². The fraction of sp³-hybridized carbons (Fsp3) is 0.182. The van der Waals surface area contributed by atoms with Crippen molar-refractivity contribution >= 4 is 28.7 Å². The molecule has 3 rings (SSSR count). The van der Waals surface area contributed by atoms with Gasteiger partial charge in [0.1, 0.15) is 0 Å². The number of aryl methyl sites for hydroxylation is 1. The van der Waals surface area contributed by atoms with Crippen LogP contribution in [-0.4, -0.2) is 30.5 Å². The largest absolute Gasteiger partial charge is 0.332 e. The minimum absolute atomic E-state index is 0.109. The summed E-state index contributed by atoms with van der Waals surface area (Å²) in [6.45, 7) is 0. The van der Waals surface area contributed by atoms with E-state index in [0.717, 1.165) is 9.44 Å². The molecule has 0 spiro atoms. The lowest BCUT2D eigenvalue weighted by Gasteiger charge is -2.02. The molecule has 0 bridgehead atoms. The summed E-state index contributed by atoms with van der Waals surface area (Å²) in [4.78, 5) is 25.9. The summed E-state index contributed by atoms with van der Waals surface area (Å²) in [6.07, 6.45) is 1.60. The second-order valence-electron chi connectivity index (χ2n) is 4.12. The quantitative estimate of drug-likeness (QED) is 0.610. The van der Waals surface area contributed by atoms with E-state index in [1.54, 1.807) is 13.3 Å². The van der Waals surface area contributed by atoms with Crippen molar-refractivity contribution in [3.8, 4) is 0 Å². The highest BCUT2D eigenvalue weighted by Crippen LogP contribution is 2.06. The number of thiophene rings is 1. The lowest BCUT2D eigenvalue weighted by molar-refractivity contribution is 0.666. The lowest BCUT2D eigenvalue weighted by Crippen LogP contribution is -2.37. The third kappa shape index (κ3) is 1.79. The molecular weight excluding hydrogens is 280 g/mol. The molecule has 0 aliphatic carbocycles. The van der Waals surface area contributed by atoms with Crippen molar-refractivity contribution in [3.63, 3.8) is 0 Å². The molecule has 3 aromatic heterocycles. The molecule has 0 amide bonds. The molecular formula is C11H10N6O2S.